The second kappa shape index (κ2) is 3.36. The maximum atomic E-state index is 10.7. The molecule has 0 saturated heterocycles. The van der Waals surface area contributed by atoms with E-state index in [0.29, 0.717) is 0 Å². The molecule has 0 aromatic carbocycles. The van der Waals surface area contributed by atoms with Gasteiger partial charge >= 0.3 is 11.7 Å². The van der Waals surface area contributed by atoms with Crippen molar-refractivity contribution >= 4 is 11.7 Å². The van der Waals surface area contributed by atoms with E-state index >= 15 is 0 Å². The third-order valence-corrected chi connectivity index (χ3v) is 1.72. The van der Waals surface area contributed by atoms with Crippen LogP contribution in [-0.2, 0) is 7.05 Å². The van der Waals surface area contributed by atoms with Gasteiger partial charge in [0, 0.05) is 7.05 Å². The summed E-state index contributed by atoms with van der Waals surface area (Å²) in [5.41, 5.74) is -0.591. The molecule has 0 amide bonds. The zero-order chi connectivity index (χ0) is 10.9. The van der Waals surface area contributed by atoms with Gasteiger partial charge in [-0.25, -0.2) is 4.79 Å². The lowest BCUT2D eigenvalue weighted by molar-refractivity contribution is -0.385. The number of carboxylic acid groups (broad SMARTS) is 1. The van der Waals surface area contributed by atoms with Gasteiger partial charge < -0.3 is 14.4 Å². The minimum Gasteiger partial charge on any atom is -0.488 e. The number of rotatable bonds is 3. The zero-order valence-corrected chi connectivity index (χ0v) is 7.55. The highest BCUT2D eigenvalue weighted by Crippen LogP contribution is 2.32. The number of aromatic nitrogens is 1. The first-order chi connectivity index (χ1) is 6.49. The Morgan fingerprint density at radius 1 is 1.71 bits per heavy atom. The highest BCUT2D eigenvalue weighted by atomic mass is 16.6. The Labute approximate surface area is 78.7 Å². The van der Waals surface area contributed by atoms with E-state index < -0.39 is 10.9 Å². The van der Waals surface area contributed by atoms with Crippen molar-refractivity contribution < 1.29 is 19.6 Å². The van der Waals surface area contributed by atoms with E-state index in [-0.39, 0.29) is 17.1 Å². The quantitative estimate of drug-likeness (QED) is 0.570. The number of methoxy groups -OCH3 is 1. The van der Waals surface area contributed by atoms with Gasteiger partial charge in [0.1, 0.15) is 0 Å². The molecule has 14 heavy (non-hydrogen) atoms. The normalized spacial score (nSPS) is 9.86. The Morgan fingerprint density at radius 3 is 2.64 bits per heavy atom. The van der Waals surface area contributed by atoms with E-state index in [1.807, 2.05) is 0 Å². The summed E-state index contributed by atoms with van der Waals surface area (Å²) in [6.45, 7) is 0. The number of nitro groups is 1. The summed E-state index contributed by atoms with van der Waals surface area (Å²) in [4.78, 5) is 20.5. The van der Waals surface area contributed by atoms with E-state index in [9.17, 15) is 14.9 Å². The van der Waals surface area contributed by atoms with Gasteiger partial charge in [0.05, 0.1) is 18.2 Å². The number of carboxylic acids is 1. The molecule has 0 atom stereocenters. The fraction of sp³-hybridized carbons (Fsp3) is 0.286. The van der Waals surface area contributed by atoms with Crippen molar-refractivity contribution in [3.05, 3.63) is 22.0 Å². The van der Waals surface area contributed by atoms with Gasteiger partial charge in [-0.15, -0.1) is 0 Å². The van der Waals surface area contributed by atoms with Crippen LogP contribution in [0.4, 0.5) is 5.69 Å². The number of hydrogen-bond donors (Lipinski definition) is 1. The summed E-state index contributed by atoms with van der Waals surface area (Å²) in [7, 11) is 2.59. The fourth-order valence-electron chi connectivity index (χ4n) is 1.17. The highest BCUT2D eigenvalue weighted by Gasteiger charge is 2.27. The number of nitrogens with zero attached hydrogens (tertiary/aromatic N) is 2. The number of aryl methyl sites for hydroxylation is 1. The van der Waals surface area contributed by atoms with Crippen LogP contribution in [0.15, 0.2) is 6.20 Å². The third kappa shape index (κ3) is 1.39. The van der Waals surface area contributed by atoms with Crippen molar-refractivity contribution in [2.45, 2.75) is 0 Å². The molecule has 1 aromatic rings. The molecular weight excluding hydrogens is 192 g/mol. The van der Waals surface area contributed by atoms with Crippen LogP contribution in [0.1, 0.15) is 10.5 Å². The minimum absolute atomic E-state index is 0.231. The molecule has 0 aliphatic heterocycles. The average Bonchev–Trinajstić information content (AvgIpc) is 2.41. The van der Waals surface area contributed by atoms with Crippen LogP contribution in [-0.4, -0.2) is 27.7 Å². The Bertz CT molecular complexity index is 395. The standard InChI is InChI=1S/C7H8N2O5/c1-8-3-4(9(12)13)6(14-2)5(8)7(10)11/h3H,1-2H3,(H,10,11). The molecule has 0 fully saturated rings. The fourth-order valence-corrected chi connectivity index (χ4v) is 1.17. The number of carbonyl (C=O) groups is 1. The average molecular weight is 200 g/mol. The summed E-state index contributed by atoms with van der Waals surface area (Å²) >= 11 is 0. The van der Waals surface area contributed by atoms with E-state index in [4.69, 9.17) is 5.11 Å². The third-order valence-electron chi connectivity index (χ3n) is 1.72. The smallest absolute Gasteiger partial charge is 0.356 e. The predicted octanol–water partition coefficient (Wildman–Crippen LogP) is 0.640. The van der Waals surface area contributed by atoms with Crippen molar-refractivity contribution in [2.24, 2.45) is 7.05 Å². The maximum absolute atomic E-state index is 10.7. The number of ether oxygens (including phenoxy) is 1. The maximum Gasteiger partial charge on any atom is 0.356 e. The predicted molar refractivity (Wildman–Crippen MR) is 45.6 cm³/mol. The van der Waals surface area contributed by atoms with Crippen LogP contribution in [0.2, 0.25) is 0 Å². The van der Waals surface area contributed by atoms with Crippen LogP contribution in [0.25, 0.3) is 0 Å². The molecule has 0 aliphatic carbocycles. The van der Waals surface area contributed by atoms with E-state index in [1.165, 1.54) is 14.2 Å². The lowest BCUT2D eigenvalue weighted by atomic mass is 10.3. The van der Waals surface area contributed by atoms with Gasteiger partial charge in [-0.05, 0) is 0 Å². The van der Waals surface area contributed by atoms with Gasteiger partial charge in [0.15, 0.2) is 5.69 Å². The summed E-state index contributed by atoms with van der Waals surface area (Å²) in [5.74, 6) is -1.50. The summed E-state index contributed by atoms with van der Waals surface area (Å²) in [5, 5.41) is 19.2. The largest absolute Gasteiger partial charge is 0.488 e. The SMILES string of the molecule is COc1c([N+](=O)[O-])cn(C)c1C(=O)O. The number of hydrogen-bond acceptors (Lipinski definition) is 4. The molecule has 0 saturated carbocycles. The Hall–Kier alpha value is -2.05. The van der Waals surface area contributed by atoms with Gasteiger partial charge in [-0.2, -0.15) is 0 Å². The van der Waals surface area contributed by atoms with Crippen LogP contribution in [0.3, 0.4) is 0 Å². The van der Waals surface area contributed by atoms with Crippen LogP contribution in [0, 0.1) is 10.1 Å². The molecule has 1 heterocycles. The highest BCUT2D eigenvalue weighted by molar-refractivity contribution is 5.91. The molecule has 0 radical (unpaired) electrons. The molecule has 7 heteroatoms. The summed E-state index contributed by atoms with van der Waals surface area (Å²) < 4.78 is 5.81. The first-order valence-corrected chi connectivity index (χ1v) is 3.60. The van der Waals surface area contributed by atoms with Gasteiger partial charge in [0.25, 0.3) is 0 Å². The minimum atomic E-state index is -1.27. The lowest BCUT2D eigenvalue weighted by Crippen LogP contribution is -2.05. The second-order valence-corrected chi connectivity index (χ2v) is 2.57. The van der Waals surface area contributed by atoms with E-state index in [0.717, 1.165) is 10.8 Å². The van der Waals surface area contributed by atoms with Crippen molar-refractivity contribution in [1.29, 1.82) is 0 Å². The molecule has 1 aromatic heterocycles. The Kier molecular flexibility index (Phi) is 2.41. The first-order valence-electron chi connectivity index (χ1n) is 3.60. The van der Waals surface area contributed by atoms with Crippen LogP contribution in [0.5, 0.6) is 5.75 Å². The van der Waals surface area contributed by atoms with Crippen molar-refractivity contribution in [2.75, 3.05) is 7.11 Å². The van der Waals surface area contributed by atoms with Gasteiger partial charge in [0.2, 0.25) is 5.75 Å². The van der Waals surface area contributed by atoms with E-state index in [2.05, 4.69) is 4.74 Å². The van der Waals surface area contributed by atoms with E-state index in [1.54, 1.807) is 0 Å². The molecule has 0 unspecified atom stereocenters. The van der Waals surface area contributed by atoms with Crippen LogP contribution >= 0.6 is 0 Å². The number of aromatic carboxylic acids is 1. The molecule has 0 aliphatic rings. The topological polar surface area (TPSA) is 94.6 Å². The molecule has 1 N–H and O–H groups in total. The molecular formula is C7H8N2O5. The van der Waals surface area contributed by atoms with Crippen molar-refractivity contribution in [3.63, 3.8) is 0 Å². The van der Waals surface area contributed by atoms with Crippen molar-refractivity contribution in [3.8, 4) is 5.75 Å². The second-order valence-electron chi connectivity index (χ2n) is 2.57. The zero-order valence-electron chi connectivity index (χ0n) is 7.55. The Morgan fingerprint density at radius 2 is 2.29 bits per heavy atom. The summed E-state index contributed by atoms with van der Waals surface area (Å²) in [6.07, 6.45) is 1.10. The first kappa shape index (κ1) is 10.0. The molecule has 76 valence electrons. The van der Waals surface area contributed by atoms with Crippen LogP contribution < -0.4 is 4.74 Å². The molecule has 7 nitrogen and oxygen atoms in total. The summed E-state index contributed by atoms with van der Waals surface area (Å²) in [6, 6.07) is 0. The van der Waals surface area contributed by atoms with Crippen molar-refractivity contribution in [1.82, 2.24) is 4.57 Å². The Balaban J connectivity index is 3.43. The monoisotopic (exact) mass is 200 g/mol. The van der Waals surface area contributed by atoms with Gasteiger partial charge in [-0.3, -0.25) is 10.1 Å². The molecule has 0 spiro atoms. The molecule has 0 bridgehead atoms. The lowest BCUT2D eigenvalue weighted by Gasteiger charge is -1.99. The van der Waals surface area contributed by atoms with Gasteiger partial charge in [-0.1, -0.05) is 0 Å². The molecule has 1 rings (SSSR count).